The number of imidazole rings is 1. The van der Waals surface area contributed by atoms with Crippen molar-refractivity contribution in [3.8, 4) is 0 Å². The Morgan fingerprint density at radius 1 is 0.567 bits per heavy atom. The smallest absolute Gasteiger partial charge is 0.237 e. The van der Waals surface area contributed by atoms with E-state index in [4.69, 9.17) is 0 Å². The van der Waals surface area contributed by atoms with Gasteiger partial charge in [-0.05, 0) is 19.3 Å². The van der Waals surface area contributed by atoms with Gasteiger partial charge in [0.2, 0.25) is 0 Å². The molecule has 0 spiro atoms. The highest BCUT2D eigenvalue weighted by molar-refractivity contribution is 4.84. The minimum absolute atomic E-state index is 1.21. The van der Waals surface area contributed by atoms with Gasteiger partial charge in [0.25, 0.3) is 5.82 Å². The third-order valence-corrected chi connectivity index (χ3v) is 6.72. The summed E-state index contributed by atoms with van der Waals surface area (Å²) in [7, 11) is 2.22. The Morgan fingerprint density at radius 3 is 1.43 bits per heavy atom. The third-order valence-electron chi connectivity index (χ3n) is 6.72. The zero-order valence-electron chi connectivity index (χ0n) is 21.1. The molecular weight excluding hydrogens is 364 g/mol. The second kappa shape index (κ2) is 20.1. The first-order valence-electron chi connectivity index (χ1n) is 13.8. The molecule has 176 valence electrons. The van der Waals surface area contributed by atoms with Crippen LogP contribution < -0.4 is 4.57 Å². The second-order valence-corrected chi connectivity index (χ2v) is 9.63. The fourth-order valence-electron chi connectivity index (χ4n) is 4.62. The zero-order valence-corrected chi connectivity index (χ0v) is 21.1. The first-order valence-corrected chi connectivity index (χ1v) is 13.8. The fraction of sp³-hybridized carbons (Fsp3) is 0.893. The van der Waals surface area contributed by atoms with E-state index in [0.29, 0.717) is 0 Å². The maximum absolute atomic E-state index is 2.52. The summed E-state index contributed by atoms with van der Waals surface area (Å²) in [6.07, 6.45) is 34.2. The van der Waals surface area contributed by atoms with E-state index in [9.17, 15) is 0 Å². The summed E-state index contributed by atoms with van der Waals surface area (Å²) >= 11 is 0. The van der Waals surface area contributed by atoms with Crippen LogP contribution >= 0.6 is 0 Å². The molecule has 1 aromatic heterocycles. The van der Waals surface area contributed by atoms with Crippen LogP contribution in [0.1, 0.15) is 148 Å². The molecular formula is C28H55N2+. The molecule has 0 bridgehead atoms. The van der Waals surface area contributed by atoms with Crippen molar-refractivity contribution < 1.29 is 4.57 Å². The van der Waals surface area contributed by atoms with Crippen LogP contribution in [0.15, 0.2) is 12.4 Å². The molecule has 0 N–H and O–H groups in total. The molecule has 0 aliphatic rings. The molecule has 0 fully saturated rings. The molecule has 0 saturated carbocycles. The van der Waals surface area contributed by atoms with Crippen molar-refractivity contribution in [2.75, 3.05) is 0 Å². The van der Waals surface area contributed by atoms with Crippen molar-refractivity contribution in [3.63, 3.8) is 0 Å². The van der Waals surface area contributed by atoms with E-state index in [1.807, 2.05) is 0 Å². The molecule has 1 aromatic rings. The lowest BCUT2D eigenvalue weighted by Crippen LogP contribution is -2.32. The Morgan fingerprint density at radius 2 is 0.967 bits per heavy atom. The van der Waals surface area contributed by atoms with Gasteiger partial charge in [0.1, 0.15) is 12.4 Å². The Balaban J connectivity index is 1.99. The molecule has 2 heteroatoms. The van der Waals surface area contributed by atoms with E-state index in [-0.39, 0.29) is 0 Å². The van der Waals surface area contributed by atoms with Crippen LogP contribution in [0.25, 0.3) is 0 Å². The van der Waals surface area contributed by atoms with Crippen LogP contribution in [0.3, 0.4) is 0 Å². The van der Waals surface area contributed by atoms with E-state index < -0.39 is 0 Å². The van der Waals surface area contributed by atoms with Crippen molar-refractivity contribution in [1.29, 1.82) is 0 Å². The van der Waals surface area contributed by atoms with Gasteiger partial charge in [-0.1, -0.05) is 123 Å². The van der Waals surface area contributed by atoms with E-state index in [2.05, 4.69) is 42.4 Å². The lowest BCUT2D eigenvalue weighted by molar-refractivity contribution is -0.678. The maximum Gasteiger partial charge on any atom is 0.256 e. The number of nitrogens with zero attached hydrogens (tertiary/aromatic N) is 2. The van der Waals surface area contributed by atoms with Crippen molar-refractivity contribution in [3.05, 3.63) is 18.2 Å². The number of hydrogen-bond donors (Lipinski definition) is 0. The summed E-state index contributed by atoms with van der Waals surface area (Å²) in [5.74, 6) is 1.53. The molecule has 0 atom stereocenters. The number of aromatic nitrogens is 2. The number of aryl methyl sites for hydroxylation is 2. The predicted molar refractivity (Wildman–Crippen MR) is 133 cm³/mol. The molecule has 0 unspecified atom stereocenters. The normalized spacial score (nSPS) is 11.4. The summed E-state index contributed by atoms with van der Waals surface area (Å²) in [4.78, 5) is 0. The molecule has 0 aliphatic heterocycles. The highest BCUT2D eigenvalue weighted by Crippen LogP contribution is 2.14. The Kier molecular flexibility index (Phi) is 18.3. The Labute approximate surface area is 189 Å². The molecule has 0 radical (unpaired) electrons. The van der Waals surface area contributed by atoms with Gasteiger partial charge in [0.15, 0.2) is 0 Å². The van der Waals surface area contributed by atoms with Crippen molar-refractivity contribution in [2.45, 2.75) is 155 Å². The molecule has 0 amide bonds. The molecule has 1 rings (SSSR count). The average Bonchev–Trinajstić information content (AvgIpc) is 3.10. The predicted octanol–water partition coefficient (Wildman–Crippen LogP) is 8.70. The van der Waals surface area contributed by atoms with Gasteiger partial charge < -0.3 is 0 Å². The summed E-state index contributed by atoms with van der Waals surface area (Å²) < 4.78 is 4.87. The van der Waals surface area contributed by atoms with Gasteiger partial charge in [-0.2, -0.15) is 0 Å². The molecule has 1 heterocycles. The minimum atomic E-state index is 1.21. The highest BCUT2D eigenvalue weighted by Gasteiger charge is 2.13. The summed E-state index contributed by atoms with van der Waals surface area (Å²) in [6, 6.07) is 0. The summed E-state index contributed by atoms with van der Waals surface area (Å²) in [5, 5.41) is 0. The van der Waals surface area contributed by atoms with Crippen LogP contribution in [0, 0.1) is 0 Å². The van der Waals surface area contributed by atoms with Crippen molar-refractivity contribution in [2.24, 2.45) is 7.05 Å². The minimum Gasteiger partial charge on any atom is -0.237 e. The summed E-state index contributed by atoms with van der Waals surface area (Å²) in [6.45, 7) is 5.81. The van der Waals surface area contributed by atoms with Gasteiger partial charge >= 0.3 is 0 Å². The van der Waals surface area contributed by atoms with E-state index in [1.165, 1.54) is 147 Å². The molecule has 0 aromatic carbocycles. The van der Waals surface area contributed by atoms with Crippen molar-refractivity contribution >= 4 is 0 Å². The van der Waals surface area contributed by atoms with Gasteiger partial charge in [0.05, 0.1) is 13.6 Å². The Hall–Kier alpha value is -0.790. The molecule has 2 nitrogen and oxygen atoms in total. The monoisotopic (exact) mass is 419 g/mol. The number of rotatable bonds is 22. The van der Waals surface area contributed by atoms with Gasteiger partial charge in [-0.25, -0.2) is 9.13 Å². The Bertz CT molecular complexity index is 477. The third kappa shape index (κ3) is 14.3. The first kappa shape index (κ1) is 27.2. The SMILES string of the molecule is CCCCCCCCCCCCCCCn1cc[n+](C)c1CCCCCCCCC. The lowest BCUT2D eigenvalue weighted by Gasteiger charge is -2.05. The average molecular weight is 420 g/mol. The quantitative estimate of drug-likeness (QED) is 0.131. The van der Waals surface area contributed by atoms with Crippen molar-refractivity contribution in [1.82, 2.24) is 4.57 Å². The van der Waals surface area contributed by atoms with E-state index in [0.717, 1.165) is 0 Å². The standard InChI is InChI=1S/C28H55N2/c1-4-6-8-10-12-13-14-15-16-17-19-21-23-25-30-27-26-29(3)28(30)24-22-20-18-11-9-7-5-2/h26-27H,4-25H2,1-3H3/q+1. The number of hydrogen-bond acceptors (Lipinski definition) is 0. The van der Waals surface area contributed by atoms with Crippen LogP contribution in [0.2, 0.25) is 0 Å². The topological polar surface area (TPSA) is 8.81 Å². The largest absolute Gasteiger partial charge is 0.256 e. The van der Waals surface area contributed by atoms with Crippen LogP contribution in [-0.4, -0.2) is 4.57 Å². The highest BCUT2D eigenvalue weighted by atomic mass is 15.1. The van der Waals surface area contributed by atoms with E-state index >= 15 is 0 Å². The maximum atomic E-state index is 2.52. The zero-order chi connectivity index (χ0) is 21.7. The van der Waals surface area contributed by atoms with Crippen LogP contribution in [-0.2, 0) is 20.0 Å². The summed E-state index contributed by atoms with van der Waals surface area (Å²) in [5.41, 5.74) is 0. The van der Waals surface area contributed by atoms with Gasteiger partial charge in [-0.15, -0.1) is 0 Å². The number of unbranched alkanes of at least 4 members (excludes halogenated alkanes) is 18. The molecule has 0 aliphatic carbocycles. The molecule has 30 heavy (non-hydrogen) atoms. The molecule has 0 saturated heterocycles. The second-order valence-electron chi connectivity index (χ2n) is 9.63. The van der Waals surface area contributed by atoms with Gasteiger partial charge in [-0.3, -0.25) is 0 Å². The first-order chi connectivity index (χ1) is 14.8. The van der Waals surface area contributed by atoms with Crippen LogP contribution in [0.4, 0.5) is 0 Å². The van der Waals surface area contributed by atoms with Gasteiger partial charge in [0, 0.05) is 6.42 Å². The lowest BCUT2D eigenvalue weighted by atomic mass is 10.0. The van der Waals surface area contributed by atoms with Crippen LogP contribution in [0.5, 0.6) is 0 Å². The van der Waals surface area contributed by atoms with E-state index in [1.54, 1.807) is 0 Å². The fourth-order valence-corrected chi connectivity index (χ4v) is 4.62.